The average molecular weight is 432 g/mol. The summed E-state index contributed by atoms with van der Waals surface area (Å²) in [5.41, 5.74) is 0.929. The summed E-state index contributed by atoms with van der Waals surface area (Å²) < 4.78 is 10.4. The highest BCUT2D eigenvalue weighted by molar-refractivity contribution is 6.20. The number of pyridine rings is 1. The molecule has 8 nitrogen and oxygen atoms in total. The van der Waals surface area contributed by atoms with Crippen molar-refractivity contribution >= 4 is 23.3 Å². The van der Waals surface area contributed by atoms with Crippen LogP contribution in [0.5, 0.6) is 0 Å². The Morgan fingerprint density at radius 2 is 1.97 bits per heavy atom. The number of amides is 1. The normalized spacial score (nSPS) is 16.0. The monoisotopic (exact) mass is 432 g/mol. The van der Waals surface area contributed by atoms with Gasteiger partial charge in [-0.15, -0.1) is 0 Å². The summed E-state index contributed by atoms with van der Waals surface area (Å²) in [7, 11) is 0. The molecular formula is C24H20N2O6. The number of esters is 1. The smallest absolute Gasteiger partial charge is 0.338 e. The number of carbonyl (C=O) groups is 3. The fraction of sp³-hybridized carbons (Fsp3) is 0.167. The van der Waals surface area contributed by atoms with Gasteiger partial charge >= 0.3 is 5.97 Å². The first-order valence-corrected chi connectivity index (χ1v) is 9.94. The topological polar surface area (TPSA) is 110 Å². The molecule has 8 heteroatoms. The molecule has 4 rings (SSSR count). The van der Waals surface area contributed by atoms with E-state index >= 15 is 0 Å². The Labute approximate surface area is 183 Å². The van der Waals surface area contributed by atoms with Crippen molar-refractivity contribution in [3.05, 3.63) is 95.4 Å². The van der Waals surface area contributed by atoms with E-state index in [-0.39, 0.29) is 23.0 Å². The Morgan fingerprint density at radius 3 is 2.62 bits per heavy atom. The SMILES string of the molecule is CC(C)OC(=O)c1cccc(N2C(=O)C(O)=C(C(=O)c3ccco3)C2c2cccnc2)c1. The van der Waals surface area contributed by atoms with E-state index in [0.717, 1.165) is 0 Å². The summed E-state index contributed by atoms with van der Waals surface area (Å²) in [5.74, 6) is -2.63. The summed E-state index contributed by atoms with van der Waals surface area (Å²) in [6.45, 7) is 3.47. The van der Waals surface area contributed by atoms with E-state index in [4.69, 9.17) is 9.15 Å². The van der Waals surface area contributed by atoms with Crippen LogP contribution in [-0.2, 0) is 9.53 Å². The van der Waals surface area contributed by atoms with Crippen LogP contribution in [0.15, 0.2) is 82.9 Å². The molecule has 1 aromatic carbocycles. The van der Waals surface area contributed by atoms with Crippen LogP contribution in [0.3, 0.4) is 0 Å². The van der Waals surface area contributed by atoms with Crippen LogP contribution >= 0.6 is 0 Å². The molecule has 0 aliphatic carbocycles. The number of Topliss-reactive ketones (excluding diaryl/α,β-unsaturated/α-hetero) is 1. The van der Waals surface area contributed by atoms with Crippen molar-refractivity contribution < 1.29 is 28.6 Å². The zero-order valence-corrected chi connectivity index (χ0v) is 17.4. The number of anilines is 1. The highest BCUT2D eigenvalue weighted by Crippen LogP contribution is 2.41. The third-order valence-electron chi connectivity index (χ3n) is 4.90. The van der Waals surface area contributed by atoms with Crippen LogP contribution in [-0.4, -0.2) is 33.9 Å². The Hall–Kier alpha value is -4.20. The van der Waals surface area contributed by atoms with Gasteiger partial charge in [-0.3, -0.25) is 19.5 Å². The zero-order chi connectivity index (χ0) is 22.8. The minimum Gasteiger partial charge on any atom is -0.503 e. The van der Waals surface area contributed by atoms with Crippen LogP contribution in [0.1, 0.15) is 46.4 Å². The van der Waals surface area contributed by atoms with E-state index in [0.29, 0.717) is 11.3 Å². The number of ether oxygens (including phenoxy) is 1. The maximum absolute atomic E-state index is 13.1. The van der Waals surface area contributed by atoms with Crippen molar-refractivity contribution in [1.29, 1.82) is 0 Å². The van der Waals surface area contributed by atoms with Crippen LogP contribution < -0.4 is 4.90 Å². The van der Waals surface area contributed by atoms with Gasteiger partial charge in [0.2, 0.25) is 5.78 Å². The number of benzene rings is 1. The van der Waals surface area contributed by atoms with Gasteiger partial charge < -0.3 is 14.3 Å². The van der Waals surface area contributed by atoms with E-state index in [1.165, 1.54) is 29.5 Å². The second kappa shape index (κ2) is 8.50. The van der Waals surface area contributed by atoms with Crippen LogP contribution in [0.4, 0.5) is 5.69 Å². The molecule has 0 saturated heterocycles. The van der Waals surface area contributed by atoms with Crippen LogP contribution in [0, 0.1) is 0 Å². The summed E-state index contributed by atoms with van der Waals surface area (Å²) >= 11 is 0. The van der Waals surface area contributed by atoms with E-state index < -0.39 is 29.5 Å². The summed E-state index contributed by atoms with van der Waals surface area (Å²) in [5, 5.41) is 10.7. The molecule has 1 aliphatic rings. The lowest BCUT2D eigenvalue weighted by atomic mass is 9.96. The Balaban J connectivity index is 1.81. The molecule has 32 heavy (non-hydrogen) atoms. The van der Waals surface area contributed by atoms with Crippen molar-refractivity contribution in [3.63, 3.8) is 0 Å². The van der Waals surface area contributed by atoms with Gasteiger partial charge in [-0.1, -0.05) is 12.1 Å². The van der Waals surface area contributed by atoms with Gasteiger partial charge in [0.15, 0.2) is 11.5 Å². The van der Waals surface area contributed by atoms with Gasteiger partial charge in [0.25, 0.3) is 5.91 Å². The lowest BCUT2D eigenvalue weighted by molar-refractivity contribution is -0.117. The maximum Gasteiger partial charge on any atom is 0.338 e. The summed E-state index contributed by atoms with van der Waals surface area (Å²) in [6, 6.07) is 11.7. The first-order chi connectivity index (χ1) is 15.4. The van der Waals surface area contributed by atoms with Gasteiger partial charge in [0.1, 0.15) is 0 Å². The molecule has 3 aromatic rings. The predicted octanol–water partition coefficient (Wildman–Crippen LogP) is 4.02. The quantitative estimate of drug-likeness (QED) is 0.463. The van der Waals surface area contributed by atoms with Gasteiger partial charge in [-0.2, -0.15) is 0 Å². The molecule has 162 valence electrons. The zero-order valence-electron chi connectivity index (χ0n) is 17.4. The van der Waals surface area contributed by atoms with Gasteiger partial charge in [-0.05, 0) is 55.8 Å². The second-order valence-corrected chi connectivity index (χ2v) is 7.44. The largest absolute Gasteiger partial charge is 0.503 e. The molecule has 1 aliphatic heterocycles. The third-order valence-corrected chi connectivity index (χ3v) is 4.90. The summed E-state index contributed by atoms with van der Waals surface area (Å²) in [4.78, 5) is 44.0. The fourth-order valence-electron chi connectivity index (χ4n) is 3.56. The number of nitrogens with zero attached hydrogens (tertiary/aromatic N) is 2. The highest BCUT2D eigenvalue weighted by atomic mass is 16.5. The second-order valence-electron chi connectivity index (χ2n) is 7.44. The number of aromatic nitrogens is 1. The number of aliphatic hydroxyl groups excluding tert-OH is 1. The van der Waals surface area contributed by atoms with E-state index in [2.05, 4.69) is 4.98 Å². The predicted molar refractivity (Wildman–Crippen MR) is 114 cm³/mol. The van der Waals surface area contributed by atoms with E-state index in [9.17, 15) is 19.5 Å². The minimum atomic E-state index is -0.967. The molecule has 0 fully saturated rings. The Kier molecular flexibility index (Phi) is 5.59. The van der Waals surface area contributed by atoms with Gasteiger partial charge in [-0.25, -0.2) is 4.79 Å². The van der Waals surface area contributed by atoms with Crippen LogP contribution in [0.25, 0.3) is 0 Å². The molecular weight excluding hydrogens is 412 g/mol. The summed E-state index contributed by atoms with van der Waals surface area (Å²) in [6.07, 6.45) is 4.09. The van der Waals surface area contributed by atoms with Crippen molar-refractivity contribution in [1.82, 2.24) is 4.98 Å². The number of ketones is 1. The Morgan fingerprint density at radius 1 is 1.16 bits per heavy atom. The van der Waals surface area contributed by atoms with Gasteiger partial charge in [0.05, 0.1) is 29.5 Å². The third kappa shape index (κ3) is 3.78. The molecule has 0 radical (unpaired) electrons. The van der Waals surface area contributed by atoms with Crippen molar-refractivity contribution in [2.45, 2.75) is 26.0 Å². The molecule has 0 bridgehead atoms. The molecule has 3 heterocycles. The highest BCUT2D eigenvalue weighted by Gasteiger charge is 2.45. The fourth-order valence-corrected chi connectivity index (χ4v) is 3.56. The average Bonchev–Trinajstić information content (AvgIpc) is 3.41. The standard InChI is InChI=1S/C24H20N2O6/c1-14(2)32-24(30)15-6-3-8-17(12-15)26-20(16-7-4-10-25-13-16)19(22(28)23(26)29)21(27)18-9-5-11-31-18/h3-14,20,28H,1-2H3. The number of hydrogen-bond donors (Lipinski definition) is 1. The van der Waals surface area contributed by atoms with Crippen molar-refractivity contribution in [2.24, 2.45) is 0 Å². The molecule has 1 amide bonds. The van der Waals surface area contributed by atoms with Crippen LogP contribution in [0.2, 0.25) is 0 Å². The molecule has 1 N–H and O–H groups in total. The molecule has 1 atom stereocenters. The number of furan rings is 1. The molecule has 0 spiro atoms. The number of hydrogen-bond acceptors (Lipinski definition) is 7. The van der Waals surface area contributed by atoms with Crippen molar-refractivity contribution in [3.8, 4) is 0 Å². The molecule has 1 unspecified atom stereocenters. The first kappa shape index (κ1) is 21.0. The lowest BCUT2D eigenvalue weighted by Gasteiger charge is -2.26. The number of carbonyl (C=O) groups excluding carboxylic acids is 3. The number of aliphatic hydroxyl groups is 1. The number of rotatable bonds is 6. The minimum absolute atomic E-state index is 0.00986. The Bertz CT molecular complexity index is 1200. The van der Waals surface area contributed by atoms with Gasteiger partial charge in [0, 0.05) is 18.1 Å². The lowest BCUT2D eigenvalue weighted by Crippen LogP contribution is -2.31. The van der Waals surface area contributed by atoms with E-state index in [1.54, 1.807) is 56.4 Å². The maximum atomic E-state index is 13.1. The van der Waals surface area contributed by atoms with Crippen molar-refractivity contribution in [2.75, 3.05) is 4.90 Å². The first-order valence-electron chi connectivity index (χ1n) is 9.94. The molecule has 0 saturated carbocycles. The molecule has 2 aromatic heterocycles. The van der Waals surface area contributed by atoms with E-state index in [1.807, 2.05) is 0 Å².